The number of ether oxygens (including phenoxy) is 2. The van der Waals surface area contributed by atoms with Crippen molar-refractivity contribution in [3.05, 3.63) is 76.9 Å². The maximum Gasteiger partial charge on any atom is 0.337 e. The molecule has 4 rings (SSSR count). The normalized spacial score (nSPS) is 12.9. The fourth-order valence-corrected chi connectivity index (χ4v) is 3.16. The molecule has 0 aliphatic carbocycles. The Morgan fingerprint density at radius 1 is 1.10 bits per heavy atom. The van der Waals surface area contributed by atoms with Crippen LogP contribution in [0.3, 0.4) is 0 Å². The Hall–Kier alpha value is -3.68. The Bertz CT molecular complexity index is 1030. The highest BCUT2D eigenvalue weighted by atomic mass is 16.5. The van der Waals surface area contributed by atoms with Gasteiger partial charge < -0.3 is 18.9 Å². The van der Waals surface area contributed by atoms with Crippen molar-refractivity contribution in [3.63, 3.8) is 0 Å². The van der Waals surface area contributed by atoms with Crippen molar-refractivity contribution in [1.82, 2.24) is 15.0 Å². The maximum absolute atomic E-state index is 12.7. The molecule has 1 aliphatic heterocycles. The van der Waals surface area contributed by atoms with Gasteiger partial charge in [0.2, 0.25) is 5.82 Å². The number of carbonyl (C=O) groups excluding carboxylic acids is 2. The van der Waals surface area contributed by atoms with E-state index in [0.29, 0.717) is 24.4 Å². The van der Waals surface area contributed by atoms with Crippen molar-refractivity contribution < 1.29 is 23.6 Å². The molecular weight excluding hydrogens is 374 g/mol. The Balaban J connectivity index is 1.36. The molecule has 0 N–H and O–H groups in total. The van der Waals surface area contributed by atoms with Crippen molar-refractivity contribution in [2.75, 3.05) is 13.7 Å². The van der Waals surface area contributed by atoms with Crippen molar-refractivity contribution >= 4 is 11.9 Å². The summed E-state index contributed by atoms with van der Waals surface area (Å²) in [6.07, 6.45) is 0.799. The molecule has 1 amide bonds. The van der Waals surface area contributed by atoms with Crippen LogP contribution >= 0.6 is 0 Å². The van der Waals surface area contributed by atoms with Gasteiger partial charge in [0, 0.05) is 13.1 Å². The summed E-state index contributed by atoms with van der Waals surface area (Å²) in [5.41, 5.74) is 2.82. The van der Waals surface area contributed by atoms with E-state index >= 15 is 0 Å². The van der Waals surface area contributed by atoms with Gasteiger partial charge in [-0.1, -0.05) is 29.4 Å². The third kappa shape index (κ3) is 4.11. The summed E-state index contributed by atoms with van der Waals surface area (Å²) < 4.78 is 15.4. The molecule has 8 nitrogen and oxygen atoms in total. The number of fused-ring (bicyclic) bond motifs is 1. The first-order valence-corrected chi connectivity index (χ1v) is 9.14. The lowest BCUT2D eigenvalue weighted by Crippen LogP contribution is -2.36. The molecule has 0 saturated heterocycles. The van der Waals surface area contributed by atoms with E-state index < -0.39 is 5.97 Å². The zero-order valence-corrected chi connectivity index (χ0v) is 15.8. The van der Waals surface area contributed by atoms with Crippen molar-refractivity contribution in [2.45, 2.75) is 19.6 Å². The number of carbonyl (C=O) groups is 2. The summed E-state index contributed by atoms with van der Waals surface area (Å²) in [5, 5.41) is 3.82. The third-order valence-corrected chi connectivity index (χ3v) is 4.71. The topological polar surface area (TPSA) is 94.8 Å². The van der Waals surface area contributed by atoms with Crippen LogP contribution < -0.4 is 4.74 Å². The summed E-state index contributed by atoms with van der Waals surface area (Å²) in [5.74, 6) is 0.0358. The summed E-state index contributed by atoms with van der Waals surface area (Å²) in [6, 6.07) is 14.6. The Morgan fingerprint density at radius 3 is 2.62 bits per heavy atom. The van der Waals surface area contributed by atoms with Crippen LogP contribution in [-0.4, -0.2) is 40.6 Å². The van der Waals surface area contributed by atoms with Crippen LogP contribution in [0.1, 0.15) is 38.0 Å². The van der Waals surface area contributed by atoms with E-state index in [0.717, 1.165) is 12.0 Å². The van der Waals surface area contributed by atoms with Crippen LogP contribution in [0, 0.1) is 0 Å². The second kappa shape index (κ2) is 8.14. The first kappa shape index (κ1) is 18.7. The molecule has 2 aromatic carbocycles. The fraction of sp³-hybridized carbons (Fsp3) is 0.238. The first-order valence-electron chi connectivity index (χ1n) is 9.14. The third-order valence-electron chi connectivity index (χ3n) is 4.71. The highest BCUT2D eigenvalue weighted by molar-refractivity contribution is 5.90. The van der Waals surface area contributed by atoms with E-state index in [2.05, 4.69) is 20.9 Å². The van der Waals surface area contributed by atoms with Gasteiger partial charge in [-0.3, -0.25) is 4.79 Å². The minimum Gasteiger partial charge on any atom is -0.485 e. The molecule has 1 aromatic heterocycles. The molecule has 0 bridgehead atoms. The standard InChI is InChI=1S/C21H19N3O5/c1-27-21(26)15-6-8-17(9-7-15)28-13-18-22-19(29-23-18)20(25)24-11-10-14-4-2-3-5-16(14)12-24/h2-9H,10-13H2,1H3. The van der Waals surface area contributed by atoms with Gasteiger partial charge in [0.15, 0.2) is 6.61 Å². The predicted octanol–water partition coefficient (Wildman–Crippen LogP) is 2.63. The van der Waals surface area contributed by atoms with E-state index in [1.807, 2.05) is 18.2 Å². The predicted molar refractivity (Wildman–Crippen MR) is 101 cm³/mol. The lowest BCUT2D eigenvalue weighted by atomic mass is 10.00. The van der Waals surface area contributed by atoms with E-state index in [4.69, 9.17) is 9.26 Å². The minimum absolute atomic E-state index is 0.0389. The van der Waals surface area contributed by atoms with Crippen LogP contribution in [0.4, 0.5) is 0 Å². The molecule has 148 valence electrons. The van der Waals surface area contributed by atoms with Crippen LogP contribution in [0.2, 0.25) is 0 Å². The van der Waals surface area contributed by atoms with Gasteiger partial charge >= 0.3 is 17.8 Å². The van der Waals surface area contributed by atoms with E-state index in [1.165, 1.54) is 12.7 Å². The number of esters is 1. The van der Waals surface area contributed by atoms with Crippen LogP contribution in [0.15, 0.2) is 53.1 Å². The Labute approximate surface area is 167 Å². The molecule has 0 atom stereocenters. The summed E-state index contributed by atoms with van der Waals surface area (Å²) in [7, 11) is 1.32. The van der Waals surface area contributed by atoms with Gasteiger partial charge in [0.1, 0.15) is 5.75 Å². The molecule has 8 heteroatoms. The molecule has 0 spiro atoms. The number of methoxy groups -OCH3 is 1. The van der Waals surface area contributed by atoms with Crippen LogP contribution in [0.5, 0.6) is 5.75 Å². The fourth-order valence-electron chi connectivity index (χ4n) is 3.16. The second-order valence-electron chi connectivity index (χ2n) is 6.57. The molecule has 2 heterocycles. The molecule has 0 unspecified atom stereocenters. The summed E-state index contributed by atoms with van der Waals surface area (Å²) >= 11 is 0. The summed E-state index contributed by atoms with van der Waals surface area (Å²) in [4.78, 5) is 30.0. The number of hydrogen-bond donors (Lipinski definition) is 0. The number of hydrogen-bond acceptors (Lipinski definition) is 7. The number of benzene rings is 2. The monoisotopic (exact) mass is 393 g/mol. The average molecular weight is 393 g/mol. The molecular formula is C21H19N3O5. The quantitative estimate of drug-likeness (QED) is 0.615. The smallest absolute Gasteiger partial charge is 0.337 e. The molecule has 1 aliphatic rings. The molecule has 0 fully saturated rings. The molecule has 0 saturated carbocycles. The largest absolute Gasteiger partial charge is 0.485 e. The molecule has 0 radical (unpaired) electrons. The number of amides is 1. The average Bonchev–Trinajstić information content (AvgIpc) is 3.25. The lowest BCUT2D eigenvalue weighted by molar-refractivity contribution is 0.0600. The van der Waals surface area contributed by atoms with Gasteiger partial charge in [-0.15, -0.1) is 0 Å². The van der Waals surface area contributed by atoms with Crippen molar-refractivity contribution in [1.29, 1.82) is 0 Å². The Kier molecular flexibility index (Phi) is 5.24. The molecule has 3 aromatic rings. The van der Waals surface area contributed by atoms with Crippen LogP contribution in [-0.2, 0) is 24.3 Å². The van der Waals surface area contributed by atoms with Crippen molar-refractivity contribution in [2.24, 2.45) is 0 Å². The van der Waals surface area contributed by atoms with Gasteiger partial charge in [-0.25, -0.2) is 4.79 Å². The summed E-state index contributed by atoms with van der Waals surface area (Å²) in [6.45, 7) is 1.17. The highest BCUT2D eigenvalue weighted by Gasteiger charge is 2.26. The van der Waals surface area contributed by atoms with E-state index in [-0.39, 0.29) is 24.2 Å². The highest BCUT2D eigenvalue weighted by Crippen LogP contribution is 2.20. The maximum atomic E-state index is 12.7. The number of nitrogens with zero attached hydrogens (tertiary/aromatic N) is 3. The number of rotatable bonds is 5. The lowest BCUT2D eigenvalue weighted by Gasteiger charge is -2.27. The van der Waals surface area contributed by atoms with Gasteiger partial charge in [0.25, 0.3) is 0 Å². The van der Waals surface area contributed by atoms with Gasteiger partial charge in [-0.2, -0.15) is 4.98 Å². The van der Waals surface area contributed by atoms with E-state index in [1.54, 1.807) is 29.2 Å². The van der Waals surface area contributed by atoms with Gasteiger partial charge in [0.05, 0.1) is 12.7 Å². The van der Waals surface area contributed by atoms with Gasteiger partial charge in [-0.05, 0) is 41.8 Å². The minimum atomic E-state index is -0.418. The van der Waals surface area contributed by atoms with Crippen LogP contribution in [0.25, 0.3) is 0 Å². The first-order chi connectivity index (χ1) is 14.1. The number of aromatic nitrogens is 2. The zero-order chi connectivity index (χ0) is 20.2. The second-order valence-corrected chi connectivity index (χ2v) is 6.57. The zero-order valence-electron chi connectivity index (χ0n) is 15.8. The molecule has 29 heavy (non-hydrogen) atoms. The Morgan fingerprint density at radius 2 is 1.86 bits per heavy atom. The van der Waals surface area contributed by atoms with Crippen molar-refractivity contribution in [3.8, 4) is 5.75 Å². The van der Waals surface area contributed by atoms with E-state index in [9.17, 15) is 9.59 Å². The SMILES string of the molecule is COC(=O)c1ccc(OCc2noc(C(=O)N3CCc4ccccc4C3)n2)cc1.